The van der Waals surface area contributed by atoms with Crippen LogP contribution in [0.25, 0.3) is 16.9 Å². The Morgan fingerprint density at radius 3 is 2.69 bits per heavy atom. The number of hydrogen-bond donors (Lipinski definition) is 0. The number of benzene rings is 1. The van der Waals surface area contributed by atoms with E-state index in [2.05, 4.69) is 25.9 Å². The molecule has 0 N–H and O–H groups in total. The molecule has 0 atom stereocenters. The molecule has 0 amide bonds. The maximum Gasteiger partial charge on any atom is 0.155 e. The van der Waals surface area contributed by atoms with Gasteiger partial charge in [0, 0.05) is 28.6 Å². The number of nitrogens with zero attached hydrogens (tertiary/aromatic N) is 3. The Hall–Kier alpha value is -1.68. The molecular weight excluding hydrogens is 266 g/mol. The van der Waals surface area contributed by atoms with Gasteiger partial charge in [0.05, 0.1) is 11.9 Å². The Labute approximate surface area is 101 Å². The largest absolute Gasteiger partial charge is 0.304 e. The molecule has 0 saturated carbocycles. The number of rotatable bonds is 1. The Bertz CT molecular complexity index is 595. The standard InChI is InChI=1S/C12H8BrN3/c13-10-3-1-9(2-4-10)11-8-16-6-5-14-7-12(16)15-11/h1-8H. The van der Waals surface area contributed by atoms with Crippen LogP contribution in [-0.2, 0) is 0 Å². The molecule has 2 aromatic heterocycles. The van der Waals surface area contributed by atoms with Crippen molar-refractivity contribution in [2.75, 3.05) is 0 Å². The van der Waals surface area contributed by atoms with Crippen molar-refractivity contribution in [3.8, 4) is 11.3 Å². The quantitative estimate of drug-likeness (QED) is 0.682. The normalized spacial score (nSPS) is 10.8. The molecule has 3 aromatic rings. The highest BCUT2D eigenvalue weighted by Crippen LogP contribution is 2.20. The Balaban J connectivity index is 2.15. The second kappa shape index (κ2) is 3.72. The van der Waals surface area contributed by atoms with Gasteiger partial charge >= 0.3 is 0 Å². The lowest BCUT2D eigenvalue weighted by atomic mass is 10.2. The summed E-state index contributed by atoms with van der Waals surface area (Å²) < 4.78 is 3.03. The predicted molar refractivity (Wildman–Crippen MR) is 66.1 cm³/mol. The average molecular weight is 274 g/mol. The van der Waals surface area contributed by atoms with Gasteiger partial charge in [0.2, 0.25) is 0 Å². The number of imidazole rings is 1. The van der Waals surface area contributed by atoms with Crippen LogP contribution in [0.1, 0.15) is 0 Å². The molecule has 0 fully saturated rings. The lowest BCUT2D eigenvalue weighted by Crippen LogP contribution is -1.81. The molecule has 16 heavy (non-hydrogen) atoms. The molecule has 0 saturated heterocycles. The topological polar surface area (TPSA) is 30.2 Å². The molecule has 0 radical (unpaired) electrons. The van der Waals surface area contributed by atoms with E-state index in [1.807, 2.05) is 41.1 Å². The van der Waals surface area contributed by atoms with Crippen molar-refractivity contribution < 1.29 is 0 Å². The van der Waals surface area contributed by atoms with Crippen molar-refractivity contribution in [3.05, 3.63) is 53.5 Å². The summed E-state index contributed by atoms with van der Waals surface area (Å²) >= 11 is 3.42. The Morgan fingerprint density at radius 1 is 1.12 bits per heavy atom. The van der Waals surface area contributed by atoms with Crippen molar-refractivity contribution in [1.82, 2.24) is 14.4 Å². The van der Waals surface area contributed by atoms with E-state index in [1.54, 1.807) is 12.4 Å². The third kappa shape index (κ3) is 1.61. The molecule has 78 valence electrons. The summed E-state index contributed by atoms with van der Waals surface area (Å²) in [5.41, 5.74) is 2.92. The summed E-state index contributed by atoms with van der Waals surface area (Å²) in [5, 5.41) is 0. The highest BCUT2D eigenvalue weighted by molar-refractivity contribution is 9.10. The van der Waals surface area contributed by atoms with E-state index in [0.29, 0.717) is 0 Å². The fourth-order valence-electron chi connectivity index (χ4n) is 1.60. The van der Waals surface area contributed by atoms with Gasteiger partial charge in [-0.25, -0.2) is 4.98 Å². The summed E-state index contributed by atoms with van der Waals surface area (Å²) in [4.78, 5) is 8.54. The molecule has 2 heterocycles. The van der Waals surface area contributed by atoms with Crippen LogP contribution in [0.2, 0.25) is 0 Å². The van der Waals surface area contributed by atoms with Crippen LogP contribution < -0.4 is 0 Å². The van der Waals surface area contributed by atoms with Crippen LogP contribution in [0, 0.1) is 0 Å². The van der Waals surface area contributed by atoms with Crippen LogP contribution in [0.5, 0.6) is 0 Å². The second-order valence-electron chi connectivity index (χ2n) is 3.47. The van der Waals surface area contributed by atoms with Crippen molar-refractivity contribution in [3.63, 3.8) is 0 Å². The first-order valence-electron chi connectivity index (χ1n) is 4.87. The molecule has 4 heteroatoms. The summed E-state index contributed by atoms with van der Waals surface area (Å²) in [6.07, 6.45) is 7.40. The van der Waals surface area contributed by atoms with Gasteiger partial charge in [-0.15, -0.1) is 0 Å². The van der Waals surface area contributed by atoms with Gasteiger partial charge in [0.25, 0.3) is 0 Å². The minimum atomic E-state index is 0.861. The zero-order valence-corrected chi connectivity index (χ0v) is 9.92. The minimum absolute atomic E-state index is 0.861. The number of halogens is 1. The zero-order chi connectivity index (χ0) is 11.0. The third-order valence-electron chi connectivity index (χ3n) is 2.40. The first kappa shape index (κ1) is 9.54. The molecule has 3 rings (SSSR count). The van der Waals surface area contributed by atoms with Gasteiger partial charge in [-0.3, -0.25) is 4.98 Å². The molecule has 0 aliphatic carbocycles. The van der Waals surface area contributed by atoms with Crippen LogP contribution in [0.3, 0.4) is 0 Å². The molecule has 0 aliphatic heterocycles. The van der Waals surface area contributed by atoms with Crippen molar-refractivity contribution >= 4 is 21.6 Å². The van der Waals surface area contributed by atoms with Gasteiger partial charge in [0.15, 0.2) is 5.65 Å². The van der Waals surface area contributed by atoms with E-state index in [0.717, 1.165) is 21.4 Å². The molecule has 0 bridgehead atoms. The third-order valence-corrected chi connectivity index (χ3v) is 2.93. The Morgan fingerprint density at radius 2 is 1.94 bits per heavy atom. The molecular formula is C12H8BrN3. The second-order valence-corrected chi connectivity index (χ2v) is 4.39. The monoisotopic (exact) mass is 273 g/mol. The van der Waals surface area contributed by atoms with Crippen molar-refractivity contribution in [2.45, 2.75) is 0 Å². The minimum Gasteiger partial charge on any atom is -0.304 e. The number of fused-ring (bicyclic) bond motifs is 1. The van der Waals surface area contributed by atoms with Gasteiger partial charge in [0.1, 0.15) is 0 Å². The smallest absolute Gasteiger partial charge is 0.155 e. The van der Waals surface area contributed by atoms with Gasteiger partial charge in [-0.1, -0.05) is 28.1 Å². The lowest BCUT2D eigenvalue weighted by Gasteiger charge is -1.95. The number of hydrogen-bond acceptors (Lipinski definition) is 2. The van der Waals surface area contributed by atoms with E-state index in [9.17, 15) is 0 Å². The van der Waals surface area contributed by atoms with Crippen LogP contribution in [0.4, 0.5) is 0 Å². The van der Waals surface area contributed by atoms with E-state index >= 15 is 0 Å². The molecule has 0 unspecified atom stereocenters. The fraction of sp³-hybridized carbons (Fsp3) is 0. The van der Waals surface area contributed by atoms with Gasteiger partial charge in [-0.2, -0.15) is 0 Å². The number of aromatic nitrogens is 3. The summed E-state index contributed by atoms with van der Waals surface area (Å²) in [6, 6.07) is 8.10. The maximum absolute atomic E-state index is 4.50. The summed E-state index contributed by atoms with van der Waals surface area (Å²) in [5.74, 6) is 0. The Kier molecular flexibility index (Phi) is 2.22. The van der Waals surface area contributed by atoms with Crippen LogP contribution >= 0.6 is 15.9 Å². The van der Waals surface area contributed by atoms with Crippen LogP contribution in [-0.4, -0.2) is 14.4 Å². The van der Waals surface area contributed by atoms with E-state index in [4.69, 9.17) is 0 Å². The molecule has 3 nitrogen and oxygen atoms in total. The van der Waals surface area contributed by atoms with Crippen molar-refractivity contribution in [1.29, 1.82) is 0 Å². The highest BCUT2D eigenvalue weighted by Gasteiger charge is 2.03. The molecule has 0 aliphatic rings. The van der Waals surface area contributed by atoms with E-state index in [1.165, 1.54) is 0 Å². The van der Waals surface area contributed by atoms with Gasteiger partial charge < -0.3 is 4.40 Å². The summed E-state index contributed by atoms with van der Waals surface area (Å²) in [7, 11) is 0. The average Bonchev–Trinajstić information content (AvgIpc) is 2.73. The predicted octanol–water partition coefficient (Wildman–Crippen LogP) is 3.16. The summed E-state index contributed by atoms with van der Waals surface area (Å²) in [6.45, 7) is 0. The highest BCUT2D eigenvalue weighted by atomic mass is 79.9. The maximum atomic E-state index is 4.50. The first-order valence-corrected chi connectivity index (χ1v) is 5.67. The SMILES string of the molecule is Brc1ccc(-c2cn3ccncc3n2)cc1. The molecule has 1 aromatic carbocycles. The zero-order valence-electron chi connectivity index (χ0n) is 8.34. The van der Waals surface area contributed by atoms with Crippen molar-refractivity contribution in [2.24, 2.45) is 0 Å². The van der Waals surface area contributed by atoms with E-state index < -0.39 is 0 Å². The first-order chi connectivity index (χ1) is 7.83. The molecule has 0 spiro atoms. The van der Waals surface area contributed by atoms with E-state index in [-0.39, 0.29) is 0 Å². The lowest BCUT2D eigenvalue weighted by molar-refractivity contribution is 1.13. The van der Waals surface area contributed by atoms with Crippen LogP contribution in [0.15, 0.2) is 53.5 Å². The van der Waals surface area contributed by atoms with Gasteiger partial charge in [-0.05, 0) is 12.1 Å². The fourth-order valence-corrected chi connectivity index (χ4v) is 1.87.